The van der Waals surface area contributed by atoms with E-state index >= 15 is 0 Å². The number of benzene rings is 2. The summed E-state index contributed by atoms with van der Waals surface area (Å²) in [6.07, 6.45) is 2.00. The van der Waals surface area contributed by atoms with Gasteiger partial charge in [-0.2, -0.15) is 0 Å². The van der Waals surface area contributed by atoms with Gasteiger partial charge in [-0.15, -0.1) is 0 Å². The zero-order valence-corrected chi connectivity index (χ0v) is 16.9. The molecule has 9 heteroatoms. The number of H-pyrrole nitrogens is 1. The standard InChI is InChI=1S/C22H22N6O3/c1-11-5-6-14(21(30)25-15-7-8-15)10-16(11)20-26-17(19(23)27-20)18(29)12-3-2-4-13(9-12)22(31)28-24/h2-6,9-10,15H,7-8,23-24H2,1H3,(H,25,30)(H,26,27)(H,28,31). The summed E-state index contributed by atoms with van der Waals surface area (Å²) in [4.78, 5) is 44.4. The SMILES string of the molecule is Cc1ccc(C(=O)NC2CC2)cc1-c1nc(N)c(C(=O)c2cccc(C(=O)NN)c2)[nH]1. The Balaban J connectivity index is 1.65. The summed E-state index contributed by atoms with van der Waals surface area (Å²) in [7, 11) is 0. The number of ketones is 1. The van der Waals surface area contributed by atoms with Crippen LogP contribution in [0.1, 0.15) is 55.2 Å². The lowest BCUT2D eigenvalue weighted by atomic mass is 10.0. The first-order valence-corrected chi connectivity index (χ1v) is 9.80. The maximum Gasteiger partial charge on any atom is 0.265 e. The first kappa shape index (κ1) is 20.3. The zero-order valence-electron chi connectivity index (χ0n) is 16.9. The number of aromatic nitrogens is 2. The molecule has 158 valence electrons. The van der Waals surface area contributed by atoms with Gasteiger partial charge in [0.05, 0.1) is 0 Å². The second-order valence-corrected chi connectivity index (χ2v) is 7.51. The van der Waals surface area contributed by atoms with Gasteiger partial charge in [0.15, 0.2) is 5.82 Å². The van der Waals surface area contributed by atoms with Crippen LogP contribution in [0.25, 0.3) is 11.4 Å². The molecule has 0 bridgehead atoms. The molecular weight excluding hydrogens is 396 g/mol. The van der Waals surface area contributed by atoms with Gasteiger partial charge in [-0.25, -0.2) is 10.8 Å². The van der Waals surface area contributed by atoms with E-state index in [0.717, 1.165) is 18.4 Å². The summed E-state index contributed by atoms with van der Waals surface area (Å²) in [6, 6.07) is 11.7. The number of rotatable bonds is 6. The third kappa shape index (κ3) is 4.17. The molecule has 1 heterocycles. The summed E-state index contributed by atoms with van der Waals surface area (Å²) < 4.78 is 0. The molecule has 0 saturated heterocycles. The molecule has 2 aromatic carbocycles. The lowest BCUT2D eigenvalue weighted by molar-refractivity contribution is 0.0943. The van der Waals surface area contributed by atoms with Crippen LogP contribution in [0.15, 0.2) is 42.5 Å². The van der Waals surface area contributed by atoms with Gasteiger partial charge in [0.25, 0.3) is 11.8 Å². The maximum absolute atomic E-state index is 13.0. The molecule has 2 amide bonds. The third-order valence-electron chi connectivity index (χ3n) is 5.14. The Bertz CT molecular complexity index is 1200. The van der Waals surface area contributed by atoms with Crippen LogP contribution in [-0.2, 0) is 0 Å². The number of anilines is 1. The molecule has 0 atom stereocenters. The molecule has 9 nitrogen and oxygen atoms in total. The van der Waals surface area contributed by atoms with Crippen LogP contribution in [0.2, 0.25) is 0 Å². The Hall–Kier alpha value is -3.98. The number of hydrogen-bond donors (Lipinski definition) is 5. The fourth-order valence-electron chi connectivity index (χ4n) is 3.23. The molecular formula is C22H22N6O3. The number of nitrogens with two attached hydrogens (primary N) is 2. The Kier molecular flexibility index (Phi) is 5.26. The van der Waals surface area contributed by atoms with Crippen LogP contribution in [0.3, 0.4) is 0 Å². The van der Waals surface area contributed by atoms with Crippen molar-refractivity contribution >= 4 is 23.4 Å². The van der Waals surface area contributed by atoms with E-state index in [4.69, 9.17) is 11.6 Å². The van der Waals surface area contributed by atoms with Gasteiger partial charge >= 0.3 is 0 Å². The lowest BCUT2D eigenvalue weighted by Gasteiger charge is -2.07. The van der Waals surface area contributed by atoms with Gasteiger partial charge in [0.1, 0.15) is 11.5 Å². The molecule has 7 N–H and O–H groups in total. The number of carbonyl (C=O) groups excluding carboxylic acids is 3. The summed E-state index contributed by atoms with van der Waals surface area (Å²) >= 11 is 0. The van der Waals surface area contributed by atoms with Crippen molar-refractivity contribution in [3.8, 4) is 11.4 Å². The van der Waals surface area contributed by atoms with Crippen LogP contribution in [0, 0.1) is 6.92 Å². The average Bonchev–Trinajstić information content (AvgIpc) is 3.51. The number of hydrazine groups is 1. The highest BCUT2D eigenvalue weighted by Crippen LogP contribution is 2.26. The minimum absolute atomic E-state index is 0.0286. The number of amides is 2. The topological polar surface area (TPSA) is 156 Å². The number of imidazole rings is 1. The zero-order chi connectivity index (χ0) is 22.1. The molecule has 4 rings (SSSR count). The normalized spacial score (nSPS) is 13.0. The van der Waals surface area contributed by atoms with E-state index in [-0.39, 0.29) is 34.6 Å². The highest BCUT2D eigenvalue weighted by Gasteiger charge is 2.25. The molecule has 0 unspecified atom stereocenters. The smallest absolute Gasteiger partial charge is 0.265 e. The monoisotopic (exact) mass is 418 g/mol. The molecule has 1 aliphatic rings. The fourth-order valence-corrected chi connectivity index (χ4v) is 3.23. The van der Waals surface area contributed by atoms with Gasteiger partial charge < -0.3 is 16.0 Å². The molecule has 1 aromatic heterocycles. The number of aromatic amines is 1. The number of aryl methyl sites for hydroxylation is 1. The van der Waals surface area contributed by atoms with Gasteiger partial charge in [-0.05, 0) is 49.6 Å². The number of nitrogens with zero attached hydrogens (tertiary/aromatic N) is 1. The van der Waals surface area contributed by atoms with Crippen molar-refractivity contribution < 1.29 is 14.4 Å². The van der Waals surface area contributed by atoms with Gasteiger partial charge in [-0.1, -0.05) is 18.2 Å². The second-order valence-electron chi connectivity index (χ2n) is 7.51. The Morgan fingerprint density at radius 3 is 2.45 bits per heavy atom. The molecule has 31 heavy (non-hydrogen) atoms. The van der Waals surface area contributed by atoms with Crippen molar-refractivity contribution in [2.24, 2.45) is 5.84 Å². The quantitative estimate of drug-likeness (QED) is 0.177. The summed E-state index contributed by atoms with van der Waals surface area (Å²) in [5, 5.41) is 2.95. The largest absolute Gasteiger partial charge is 0.382 e. The molecule has 0 spiro atoms. The van der Waals surface area contributed by atoms with Crippen molar-refractivity contribution in [3.63, 3.8) is 0 Å². The fraction of sp³-hybridized carbons (Fsp3) is 0.182. The minimum Gasteiger partial charge on any atom is -0.382 e. The van der Waals surface area contributed by atoms with E-state index in [0.29, 0.717) is 17.0 Å². The first-order valence-electron chi connectivity index (χ1n) is 9.80. The summed E-state index contributed by atoms with van der Waals surface area (Å²) in [6.45, 7) is 1.88. The highest BCUT2D eigenvalue weighted by molar-refractivity contribution is 6.11. The van der Waals surface area contributed by atoms with Gasteiger partial charge in [-0.3, -0.25) is 19.8 Å². The van der Waals surface area contributed by atoms with Crippen LogP contribution < -0.4 is 22.3 Å². The second kappa shape index (κ2) is 8.04. The van der Waals surface area contributed by atoms with E-state index < -0.39 is 11.7 Å². The van der Waals surface area contributed by atoms with E-state index in [1.54, 1.807) is 30.3 Å². The Morgan fingerprint density at radius 2 is 1.74 bits per heavy atom. The van der Waals surface area contributed by atoms with E-state index in [1.807, 2.05) is 18.4 Å². The minimum atomic E-state index is -0.509. The molecule has 3 aromatic rings. The van der Waals surface area contributed by atoms with E-state index in [1.165, 1.54) is 6.07 Å². The number of carbonyl (C=O) groups is 3. The Morgan fingerprint density at radius 1 is 1.03 bits per heavy atom. The van der Waals surface area contributed by atoms with Crippen molar-refractivity contribution in [1.82, 2.24) is 20.7 Å². The van der Waals surface area contributed by atoms with Crippen LogP contribution in [0.5, 0.6) is 0 Å². The van der Waals surface area contributed by atoms with Gasteiger partial charge in [0.2, 0.25) is 5.78 Å². The number of nitrogens with one attached hydrogen (secondary N) is 3. The van der Waals surface area contributed by atoms with Gasteiger partial charge in [0, 0.05) is 28.3 Å². The van der Waals surface area contributed by atoms with Crippen molar-refractivity contribution in [1.29, 1.82) is 0 Å². The number of hydrogen-bond acceptors (Lipinski definition) is 6. The molecule has 1 saturated carbocycles. The predicted octanol–water partition coefficient (Wildman–Crippen LogP) is 1.69. The van der Waals surface area contributed by atoms with Crippen LogP contribution >= 0.6 is 0 Å². The van der Waals surface area contributed by atoms with Crippen molar-refractivity contribution in [3.05, 3.63) is 70.4 Å². The van der Waals surface area contributed by atoms with E-state index in [9.17, 15) is 14.4 Å². The van der Waals surface area contributed by atoms with Crippen molar-refractivity contribution in [2.75, 3.05) is 5.73 Å². The van der Waals surface area contributed by atoms with E-state index in [2.05, 4.69) is 15.3 Å². The molecule has 0 aliphatic heterocycles. The summed E-state index contributed by atoms with van der Waals surface area (Å²) in [5.74, 6) is 4.51. The average molecular weight is 418 g/mol. The first-order chi connectivity index (χ1) is 14.9. The van der Waals surface area contributed by atoms with Crippen LogP contribution in [0.4, 0.5) is 5.82 Å². The lowest BCUT2D eigenvalue weighted by Crippen LogP contribution is -2.30. The number of nitrogen functional groups attached to an aromatic ring is 2. The predicted molar refractivity (Wildman–Crippen MR) is 115 cm³/mol. The molecule has 1 aliphatic carbocycles. The van der Waals surface area contributed by atoms with Crippen molar-refractivity contribution in [2.45, 2.75) is 25.8 Å². The maximum atomic E-state index is 13.0. The summed E-state index contributed by atoms with van der Waals surface area (Å²) in [5.41, 5.74) is 10.7. The van der Waals surface area contributed by atoms with Crippen LogP contribution in [-0.4, -0.2) is 33.6 Å². The molecule has 0 radical (unpaired) electrons. The third-order valence-corrected chi connectivity index (χ3v) is 5.14. The molecule has 1 fully saturated rings. The highest BCUT2D eigenvalue weighted by atomic mass is 16.2. The Labute approximate surface area is 178 Å².